The number of fused-ring (bicyclic) bond motifs is 1. The molecule has 0 bridgehead atoms. The number of hydrogen-bond donors (Lipinski definition) is 2. The van der Waals surface area contributed by atoms with E-state index in [-0.39, 0.29) is 0 Å². The second-order valence-electron chi connectivity index (χ2n) is 4.38. The van der Waals surface area contributed by atoms with E-state index in [4.69, 9.17) is 0 Å². The molecule has 1 aliphatic rings. The van der Waals surface area contributed by atoms with Gasteiger partial charge in [0.15, 0.2) is 0 Å². The van der Waals surface area contributed by atoms with E-state index >= 15 is 0 Å². The highest BCUT2D eigenvalue weighted by atomic mass is 14.9. The summed E-state index contributed by atoms with van der Waals surface area (Å²) < 4.78 is 0. The van der Waals surface area contributed by atoms with Crippen molar-refractivity contribution in [3.8, 4) is 11.1 Å². The minimum atomic E-state index is 1.07. The van der Waals surface area contributed by atoms with Gasteiger partial charge in [-0.05, 0) is 47.4 Å². The van der Waals surface area contributed by atoms with Gasteiger partial charge in [-0.15, -0.1) is 0 Å². The zero-order valence-corrected chi connectivity index (χ0v) is 9.96. The summed E-state index contributed by atoms with van der Waals surface area (Å²) in [6.45, 7) is 1.07. The maximum absolute atomic E-state index is 3.39. The predicted octanol–water partition coefficient (Wildman–Crippen LogP) is 3.36. The van der Waals surface area contributed by atoms with E-state index in [1.165, 1.54) is 22.4 Å². The number of anilines is 2. The quantitative estimate of drug-likeness (QED) is 0.817. The summed E-state index contributed by atoms with van der Waals surface area (Å²) in [5.74, 6) is 0. The summed E-state index contributed by atoms with van der Waals surface area (Å²) in [7, 11) is 1.94. The lowest BCUT2D eigenvalue weighted by atomic mass is 10.0. The fourth-order valence-electron chi connectivity index (χ4n) is 2.31. The van der Waals surface area contributed by atoms with Crippen molar-refractivity contribution in [1.82, 2.24) is 0 Å². The molecular weight excluding hydrogens is 208 g/mol. The smallest absolute Gasteiger partial charge is 0.0373 e. The monoisotopic (exact) mass is 224 g/mol. The highest BCUT2D eigenvalue weighted by molar-refractivity contribution is 5.71. The highest BCUT2D eigenvalue weighted by Gasteiger charge is 2.10. The van der Waals surface area contributed by atoms with Gasteiger partial charge < -0.3 is 10.6 Å². The van der Waals surface area contributed by atoms with Gasteiger partial charge in [-0.3, -0.25) is 0 Å². The first-order valence-corrected chi connectivity index (χ1v) is 6.02. The standard InChI is InChI=1S/C15H16N2/c1-16-14-5-2-11(3-6-14)12-4-7-15-13(10-12)8-9-17-15/h2-7,10,16-17H,8-9H2,1H3. The Balaban J connectivity index is 1.97. The fraction of sp³-hybridized carbons (Fsp3) is 0.200. The lowest BCUT2D eigenvalue weighted by molar-refractivity contribution is 1.11. The molecule has 0 saturated heterocycles. The molecule has 0 spiro atoms. The van der Waals surface area contributed by atoms with Crippen LogP contribution < -0.4 is 10.6 Å². The van der Waals surface area contributed by atoms with Crippen molar-refractivity contribution in [1.29, 1.82) is 0 Å². The Bertz CT molecular complexity index is 529. The van der Waals surface area contributed by atoms with Gasteiger partial charge in [0.25, 0.3) is 0 Å². The summed E-state index contributed by atoms with van der Waals surface area (Å²) in [5, 5.41) is 6.52. The van der Waals surface area contributed by atoms with Crippen molar-refractivity contribution < 1.29 is 0 Å². The van der Waals surface area contributed by atoms with E-state index in [1.54, 1.807) is 0 Å². The van der Waals surface area contributed by atoms with Crippen LogP contribution in [0.4, 0.5) is 11.4 Å². The van der Waals surface area contributed by atoms with E-state index < -0.39 is 0 Å². The van der Waals surface area contributed by atoms with E-state index in [2.05, 4.69) is 53.1 Å². The largest absolute Gasteiger partial charge is 0.388 e. The number of rotatable bonds is 2. The fourth-order valence-corrected chi connectivity index (χ4v) is 2.31. The molecule has 17 heavy (non-hydrogen) atoms. The Hall–Kier alpha value is -1.96. The Kier molecular flexibility index (Phi) is 2.48. The molecule has 0 amide bonds. The molecule has 0 saturated carbocycles. The van der Waals surface area contributed by atoms with Crippen LogP contribution in [0.2, 0.25) is 0 Å². The average Bonchev–Trinajstić information content (AvgIpc) is 2.86. The number of benzene rings is 2. The molecular formula is C15H16N2. The van der Waals surface area contributed by atoms with Crippen LogP contribution in [-0.2, 0) is 6.42 Å². The van der Waals surface area contributed by atoms with Crippen molar-refractivity contribution in [3.05, 3.63) is 48.0 Å². The summed E-state index contributed by atoms with van der Waals surface area (Å²) in [6, 6.07) is 15.2. The first-order valence-electron chi connectivity index (χ1n) is 6.02. The van der Waals surface area contributed by atoms with Gasteiger partial charge in [0, 0.05) is 25.0 Å². The molecule has 0 aromatic heterocycles. The van der Waals surface area contributed by atoms with Gasteiger partial charge >= 0.3 is 0 Å². The van der Waals surface area contributed by atoms with Crippen LogP contribution in [0.5, 0.6) is 0 Å². The first-order chi connectivity index (χ1) is 8.36. The normalized spacial score (nSPS) is 13.0. The van der Waals surface area contributed by atoms with Crippen LogP contribution in [0.3, 0.4) is 0 Å². The third kappa shape index (κ3) is 1.86. The van der Waals surface area contributed by atoms with Gasteiger partial charge in [0.05, 0.1) is 0 Å². The predicted molar refractivity (Wildman–Crippen MR) is 73.6 cm³/mol. The van der Waals surface area contributed by atoms with Crippen LogP contribution in [0.15, 0.2) is 42.5 Å². The second kappa shape index (κ2) is 4.13. The number of nitrogens with one attached hydrogen (secondary N) is 2. The first kappa shape index (κ1) is 10.2. The molecule has 2 heteroatoms. The van der Waals surface area contributed by atoms with Crippen LogP contribution in [0.1, 0.15) is 5.56 Å². The number of hydrogen-bond acceptors (Lipinski definition) is 2. The van der Waals surface area contributed by atoms with E-state index in [0.29, 0.717) is 0 Å². The van der Waals surface area contributed by atoms with Crippen molar-refractivity contribution in [2.75, 3.05) is 24.2 Å². The Morgan fingerprint density at radius 1 is 1.00 bits per heavy atom. The maximum Gasteiger partial charge on any atom is 0.0373 e. The molecule has 1 aliphatic heterocycles. The summed E-state index contributed by atoms with van der Waals surface area (Å²) >= 11 is 0. The molecule has 0 fully saturated rings. The summed E-state index contributed by atoms with van der Waals surface area (Å²) in [4.78, 5) is 0. The summed E-state index contributed by atoms with van der Waals surface area (Å²) in [5.41, 5.74) is 6.45. The van der Waals surface area contributed by atoms with E-state index in [9.17, 15) is 0 Å². The third-order valence-electron chi connectivity index (χ3n) is 3.32. The second-order valence-corrected chi connectivity index (χ2v) is 4.38. The molecule has 1 heterocycles. The SMILES string of the molecule is CNc1ccc(-c2ccc3c(c2)CCN3)cc1. The van der Waals surface area contributed by atoms with Gasteiger partial charge in [-0.25, -0.2) is 0 Å². The van der Waals surface area contributed by atoms with Crippen LogP contribution in [0, 0.1) is 0 Å². The molecule has 2 aromatic rings. The molecule has 3 rings (SSSR count). The molecule has 2 N–H and O–H groups in total. The molecule has 0 aliphatic carbocycles. The van der Waals surface area contributed by atoms with Crippen LogP contribution >= 0.6 is 0 Å². The zero-order chi connectivity index (χ0) is 11.7. The molecule has 2 nitrogen and oxygen atoms in total. The third-order valence-corrected chi connectivity index (χ3v) is 3.32. The molecule has 2 aromatic carbocycles. The molecule has 0 atom stereocenters. The molecule has 0 radical (unpaired) electrons. The van der Waals surface area contributed by atoms with Gasteiger partial charge in [-0.2, -0.15) is 0 Å². The minimum absolute atomic E-state index is 1.07. The van der Waals surface area contributed by atoms with Gasteiger partial charge in [0.2, 0.25) is 0 Å². The summed E-state index contributed by atoms with van der Waals surface area (Å²) in [6.07, 6.45) is 1.14. The molecule has 0 unspecified atom stereocenters. The Morgan fingerprint density at radius 3 is 2.53 bits per heavy atom. The lowest BCUT2D eigenvalue weighted by Crippen LogP contribution is -1.90. The van der Waals surface area contributed by atoms with E-state index in [1.807, 2.05) is 7.05 Å². The van der Waals surface area contributed by atoms with Crippen LogP contribution in [-0.4, -0.2) is 13.6 Å². The average molecular weight is 224 g/mol. The van der Waals surface area contributed by atoms with Gasteiger partial charge in [-0.1, -0.05) is 18.2 Å². The van der Waals surface area contributed by atoms with Crippen molar-refractivity contribution in [2.24, 2.45) is 0 Å². The topological polar surface area (TPSA) is 24.1 Å². The van der Waals surface area contributed by atoms with Crippen molar-refractivity contribution in [2.45, 2.75) is 6.42 Å². The molecule has 86 valence electrons. The van der Waals surface area contributed by atoms with E-state index in [0.717, 1.165) is 18.7 Å². The van der Waals surface area contributed by atoms with Crippen LogP contribution in [0.25, 0.3) is 11.1 Å². The Labute approximate surface area is 102 Å². The van der Waals surface area contributed by atoms with Crippen molar-refractivity contribution >= 4 is 11.4 Å². The van der Waals surface area contributed by atoms with Gasteiger partial charge in [0.1, 0.15) is 0 Å². The van der Waals surface area contributed by atoms with Crippen molar-refractivity contribution in [3.63, 3.8) is 0 Å². The lowest BCUT2D eigenvalue weighted by Gasteiger charge is -2.06. The highest BCUT2D eigenvalue weighted by Crippen LogP contribution is 2.29. The Morgan fingerprint density at radius 2 is 1.76 bits per heavy atom. The minimum Gasteiger partial charge on any atom is -0.388 e. The zero-order valence-electron chi connectivity index (χ0n) is 9.96. The maximum atomic E-state index is 3.39.